The Hall–Kier alpha value is -3.61. The number of ether oxygens (including phenoxy) is 1. The number of nitrogens with zero attached hydrogens (tertiary/aromatic N) is 1. The molecular weight excluding hydrogens is 440 g/mol. The second-order valence-electron chi connectivity index (χ2n) is 10.5. The van der Waals surface area contributed by atoms with Crippen molar-refractivity contribution in [1.29, 1.82) is 0 Å². The van der Waals surface area contributed by atoms with Gasteiger partial charge in [-0.25, -0.2) is 15.2 Å². The predicted octanol–water partition coefficient (Wildman–Crippen LogP) is 5.18. The van der Waals surface area contributed by atoms with Gasteiger partial charge >= 0.3 is 6.03 Å². The number of carbonyl (C=O) groups excluding carboxylic acids is 2. The number of hydrazine groups is 1. The van der Waals surface area contributed by atoms with E-state index >= 15 is 0 Å². The maximum Gasteiger partial charge on any atom is 0.337 e. The quantitative estimate of drug-likeness (QED) is 0.458. The Labute approximate surface area is 204 Å². The van der Waals surface area contributed by atoms with Crippen LogP contribution in [0.15, 0.2) is 54.6 Å². The minimum atomic E-state index is -0.536. The zero-order chi connectivity index (χ0) is 24.0. The average molecular weight is 471 g/mol. The fourth-order valence-corrected chi connectivity index (χ4v) is 7.19. The molecule has 3 N–H and O–H groups in total. The van der Waals surface area contributed by atoms with Crippen LogP contribution in [-0.4, -0.2) is 24.0 Å². The van der Waals surface area contributed by atoms with Crippen molar-refractivity contribution in [3.63, 3.8) is 0 Å². The standard InChI is InChI=1S/C28H30N4O3/c1-35-21-8-6-20(7-9-21)29-27(34)32-31-26(33)25-13-23(22-4-2-3-5-24(22)30-25)28-14-17-10-18(15-28)12-19(11-17)16-28/h2-9,13,17-19H,10-12,14-16H2,1H3,(H,31,33)(H2,29,32,34). The smallest absolute Gasteiger partial charge is 0.337 e. The molecule has 4 fully saturated rings. The Morgan fingerprint density at radius 1 is 0.914 bits per heavy atom. The lowest BCUT2D eigenvalue weighted by Gasteiger charge is -2.57. The zero-order valence-electron chi connectivity index (χ0n) is 19.8. The molecule has 4 bridgehead atoms. The zero-order valence-corrected chi connectivity index (χ0v) is 19.8. The molecule has 7 rings (SSSR count). The lowest BCUT2D eigenvalue weighted by Crippen LogP contribution is -2.49. The van der Waals surface area contributed by atoms with Crippen LogP contribution in [-0.2, 0) is 5.41 Å². The van der Waals surface area contributed by atoms with E-state index in [4.69, 9.17) is 4.74 Å². The third-order valence-corrected chi connectivity index (χ3v) is 8.20. The molecule has 1 heterocycles. The molecule has 180 valence electrons. The van der Waals surface area contributed by atoms with Gasteiger partial charge < -0.3 is 10.1 Å². The highest BCUT2D eigenvalue weighted by molar-refractivity contribution is 5.98. The summed E-state index contributed by atoms with van der Waals surface area (Å²) in [5.74, 6) is 2.67. The van der Waals surface area contributed by atoms with Crippen LogP contribution in [0.25, 0.3) is 10.9 Å². The minimum absolute atomic E-state index is 0.130. The first-order valence-corrected chi connectivity index (χ1v) is 12.4. The van der Waals surface area contributed by atoms with E-state index < -0.39 is 11.9 Å². The van der Waals surface area contributed by atoms with Gasteiger partial charge in [-0.2, -0.15) is 0 Å². The number of aromatic nitrogens is 1. The molecular formula is C28H30N4O3. The van der Waals surface area contributed by atoms with Crippen molar-refractivity contribution in [2.75, 3.05) is 12.4 Å². The van der Waals surface area contributed by atoms with Gasteiger partial charge in [-0.3, -0.25) is 10.2 Å². The second-order valence-corrected chi connectivity index (χ2v) is 10.5. The van der Waals surface area contributed by atoms with Crippen molar-refractivity contribution in [3.8, 4) is 5.75 Å². The van der Waals surface area contributed by atoms with Crippen LogP contribution < -0.4 is 20.9 Å². The number of methoxy groups -OCH3 is 1. The van der Waals surface area contributed by atoms with Crippen LogP contribution in [0.1, 0.15) is 54.6 Å². The average Bonchev–Trinajstić information content (AvgIpc) is 2.86. The lowest BCUT2D eigenvalue weighted by molar-refractivity contribution is -0.00454. The molecule has 35 heavy (non-hydrogen) atoms. The summed E-state index contributed by atoms with van der Waals surface area (Å²) in [6.45, 7) is 0. The van der Waals surface area contributed by atoms with Gasteiger partial charge in [0.05, 0.1) is 12.6 Å². The van der Waals surface area contributed by atoms with E-state index in [0.717, 1.165) is 28.7 Å². The Bertz CT molecular complexity index is 1250. The maximum atomic E-state index is 13.1. The van der Waals surface area contributed by atoms with Crippen LogP contribution in [0.4, 0.5) is 10.5 Å². The van der Waals surface area contributed by atoms with Crippen LogP contribution in [0.3, 0.4) is 0 Å². The molecule has 2 aromatic carbocycles. The monoisotopic (exact) mass is 470 g/mol. The summed E-state index contributed by atoms with van der Waals surface area (Å²) < 4.78 is 5.13. The van der Waals surface area contributed by atoms with Gasteiger partial charge in [0.2, 0.25) is 0 Å². The van der Waals surface area contributed by atoms with Crippen molar-refractivity contribution >= 4 is 28.5 Å². The number of carbonyl (C=O) groups is 2. The number of fused-ring (bicyclic) bond motifs is 1. The molecule has 7 heteroatoms. The van der Waals surface area contributed by atoms with Crippen LogP contribution >= 0.6 is 0 Å². The fraction of sp³-hybridized carbons (Fsp3) is 0.393. The summed E-state index contributed by atoms with van der Waals surface area (Å²) in [5.41, 5.74) is 8.10. The number of benzene rings is 2. The van der Waals surface area contributed by atoms with E-state index in [2.05, 4.69) is 33.3 Å². The van der Waals surface area contributed by atoms with E-state index in [0.29, 0.717) is 17.1 Å². The summed E-state index contributed by atoms with van der Waals surface area (Å²) >= 11 is 0. The highest BCUT2D eigenvalue weighted by atomic mass is 16.5. The van der Waals surface area contributed by atoms with Crippen molar-refractivity contribution in [2.24, 2.45) is 17.8 Å². The predicted molar refractivity (Wildman–Crippen MR) is 134 cm³/mol. The van der Waals surface area contributed by atoms with E-state index in [1.807, 2.05) is 18.2 Å². The molecule has 0 aliphatic heterocycles. The van der Waals surface area contributed by atoms with Crippen molar-refractivity contribution in [1.82, 2.24) is 15.8 Å². The molecule has 0 atom stereocenters. The Morgan fingerprint density at radius 2 is 1.57 bits per heavy atom. The van der Waals surface area contributed by atoms with Crippen LogP contribution in [0, 0.1) is 17.8 Å². The number of nitrogens with one attached hydrogen (secondary N) is 3. The molecule has 0 spiro atoms. The molecule has 0 saturated heterocycles. The fourth-order valence-electron chi connectivity index (χ4n) is 7.19. The molecule has 3 amide bonds. The molecule has 4 aliphatic carbocycles. The second kappa shape index (κ2) is 8.56. The number of pyridine rings is 1. The normalized spacial score (nSPS) is 26.4. The summed E-state index contributed by atoms with van der Waals surface area (Å²) in [5, 5.41) is 3.84. The highest BCUT2D eigenvalue weighted by Crippen LogP contribution is 2.61. The van der Waals surface area contributed by atoms with Gasteiger partial charge in [-0.1, -0.05) is 18.2 Å². The van der Waals surface area contributed by atoms with Gasteiger partial charge in [0.25, 0.3) is 5.91 Å². The Balaban J connectivity index is 1.23. The number of hydrogen-bond acceptors (Lipinski definition) is 4. The molecule has 4 aliphatic rings. The summed E-state index contributed by atoms with van der Waals surface area (Å²) in [6.07, 6.45) is 7.71. The van der Waals surface area contributed by atoms with Crippen molar-refractivity contribution in [2.45, 2.75) is 43.9 Å². The molecule has 7 nitrogen and oxygen atoms in total. The molecule has 1 aromatic heterocycles. The number of urea groups is 1. The van der Waals surface area contributed by atoms with Gasteiger partial charge in [0.15, 0.2) is 0 Å². The third kappa shape index (κ3) is 4.09. The SMILES string of the molecule is COc1ccc(NC(=O)NNC(=O)c2cc(C34CC5CC(CC(C5)C3)C4)c3ccccc3n2)cc1. The van der Waals surface area contributed by atoms with E-state index in [1.54, 1.807) is 31.4 Å². The summed E-state index contributed by atoms with van der Waals surface area (Å²) in [7, 11) is 1.58. The van der Waals surface area contributed by atoms with Gasteiger partial charge in [-0.05, 0) is 104 Å². The van der Waals surface area contributed by atoms with E-state index in [9.17, 15) is 9.59 Å². The third-order valence-electron chi connectivity index (χ3n) is 8.20. The first-order chi connectivity index (χ1) is 17.0. The number of hydrogen-bond donors (Lipinski definition) is 3. The topological polar surface area (TPSA) is 92.4 Å². The Kier molecular flexibility index (Phi) is 5.35. The van der Waals surface area contributed by atoms with Crippen molar-refractivity contribution < 1.29 is 14.3 Å². The minimum Gasteiger partial charge on any atom is -0.497 e. The maximum absolute atomic E-state index is 13.1. The first-order valence-electron chi connectivity index (χ1n) is 12.4. The van der Waals surface area contributed by atoms with E-state index in [1.165, 1.54) is 44.1 Å². The number of rotatable bonds is 4. The molecule has 0 unspecified atom stereocenters. The first kappa shape index (κ1) is 21.9. The Morgan fingerprint density at radius 3 is 2.23 bits per heavy atom. The van der Waals surface area contributed by atoms with E-state index in [-0.39, 0.29) is 5.41 Å². The molecule has 0 radical (unpaired) electrons. The largest absolute Gasteiger partial charge is 0.497 e. The number of amides is 3. The number of anilines is 1. The number of para-hydroxylation sites is 1. The summed E-state index contributed by atoms with van der Waals surface area (Å²) in [4.78, 5) is 30.0. The van der Waals surface area contributed by atoms with Crippen molar-refractivity contribution in [3.05, 3.63) is 65.9 Å². The van der Waals surface area contributed by atoms with Gasteiger partial charge in [0, 0.05) is 11.1 Å². The van der Waals surface area contributed by atoms with Crippen LogP contribution in [0.2, 0.25) is 0 Å². The lowest BCUT2D eigenvalue weighted by atomic mass is 9.48. The molecule has 3 aromatic rings. The summed E-state index contributed by atoms with van der Waals surface area (Å²) in [6, 6.07) is 16.5. The highest BCUT2D eigenvalue weighted by Gasteiger charge is 2.52. The van der Waals surface area contributed by atoms with Gasteiger partial charge in [-0.15, -0.1) is 0 Å². The molecule has 4 saturated carbocycles. The van der Waals surface area contributed by atoms with Crippen LogP contribution in [0.5, 0.6) is 5.75 Å². The van der Waals surface area contributed by atoms with Gasteiger partial charge in [0.1, 0.15) is 11.4 Å².